The summed E-state index contributed by atoms with van der Waals surface area (Å²) in [5.74, 6) is 0.183. The number of aryl methyl sites for hydroxylation is 1. The molecule has 21 heavy (non-hydrogen) atoms. The predicted octanol–water partition coefficient (Wildman–Crippen LogP) is 3.72. The van der Waals surface area contributed by atoms with Gasteiger partial charge >= 0.3 is 0 Å². The normalized spacial score (nSPS) is 26.5. The standard InChI is InChI=1S/C18H16N2O/c1-12-6-8-13(9-7-12)16-11-19-20-18(16)10-14-4-2-3-5-15(14)17(18)21/h2-9,16H,10-11H2,1H3. The first-order valence-electron chi connectivity index (χ1n) is 7.29. The van der Waals surface area contributed by atoms with Crippen LogP contribution in [0.2, 0.25) is 0 Å². The van der Waals surface area contributed by atoms with Crippen LogP contribution in [0, 0.1) is 6.92 Å². The van der Waals surface area contributed by atoms with Crippen LogP contribution in [-0.4, -0.2) is 17.9 Å². The number of nitrogens with zero attached hydrogens (tertiary/aromatic N) is 2. The number of carbonyl (C=O) groups is 1. The Labute approximate surface area is 123 Å². The van der Waals surface area contributed by atoms with Crippen LogP contribution in [0.4, 0.5) is 0 Å². The highest BCUT2D eigenvalue weighted by Crippen LogP contribution is 2.46. The number of benzene rings is 2. The Bertz CT molecular complexity index is 748. The third-order valence-electron chi connectivity index (χ3n) is 4.68. The first-order valence-corrected chi connectivity index (χ1v) is 7.29. The maximum atomic E-state index is 12.9. The van der Waals surface area contributed by atoms with Gasteiger partial charge in [-0.2, -0.15) is 10.2 Å². The summed E-state index contributed by atoms with van der Waals surface area (Å²) < 4.78 is 0. The van der Waals surface area contributed by atoms with Gasteiger partial charge in [0.15, 0.2) is 11.3 Å². The Morgan fingerprint density at radius 1 is 1.10 bits per heavy atom. The summed E-state index contributed by atoms with van der Waals surface area (Å²) in [4.78, 5) is 12.9. The van der Waals surface area contributed by atoms with E-state index in [1.165, 1.54) is 5.56 Å². The van der Waals surface area contributed by atoms with Gasteiger partial charge in [0, 0.05) is 17.9 Å². The molecule has 2 unspecified atom stereocenters. The van der Waals surface area contributed by atoms with Gasteiger partial charge in [0.2, 0.25) is 0 Å². The minimum atomic E-state index is -0.709. The van der Waals surface area contributed by atoms with Crippen LogP contribution < -0.4 is 0 Å². The van der Waals surface area contributed by atoms with Gasteiger partial charge in [-0.25, -0.2) is 0 Å². The topological polar surface area (TPSA) is 41.8 Å². The Hall–Kier alpha value is -2.29. The van der Waals surface area contributed by atoms with Crippen molar-refractivity contribution in [1.82, 2.24) is 0 Å². The second kappa shape index (κ2) is 4.35. The van der Waals surface area contributed by atoms with Crippen LogP contribution in [0.3, 0.4) is 0 Å². The zero-order valence-electron chi connectivity index (χ0n) is 11.9. The lowest BCUT2D eigenvalue weighted by molar-refractivity contribution is 0.0897. The number of ketones is 1. The molecule has 104 valence electrons. The Morgan fingerprint density at radius 3 is 2.62 bits per heavy atom. The molecule has 0 amide bonds. The lowest BCUT2D eigenvalue weighted by atomic mass is 9.77. The van der Waals surface area contributed by atoms with E-state index in [4.69, 9.17) is 0 Å². The minimum absolute atomic E-state index is 0.0537. The molecule has 3 nitrogen and oxygen atoms in total. The maximum Gasteiger partial charge on any atom is 0.193 e. The molecule has 0 saturated carbocycles. The minimum Gasteiger partial charge on any atom is -0.291 e. The quantitative estimate of drug-likeness (QED) is 0.782. The van der Waals surface area contributed by atoms with Gasteiger partial charge in [0.25, 0.3) is 0 Å². The zero-order valence-corrected chi connectivity index (χ0v) is 11.9. The monoisotopic (exact) mass is 276 g/mol. The fourth-order valence-corrected chi connectivity index (χ4v) is 3.51. The summed E-state index contributed by atoms with van der Waals surface area (Å²) in [7, 11) is 0. The lowest BCUT2D eigenvalue weighted by Crippen LogP contribution is -2.38. The van der Waals surface area contributed by atoms with Crippen molar-refractivity contribution in [3.63, 3.8) is 0 Å². The molecular weight excluding hydrogens is 260 g/mol. The smallest absolute Gasteiger partial charge is 0.193 e. The van der Waals surface area contributed by atoms with E-state index in [2.05, 4.69) is 41.4 Å². The Kier molecular flexibility index (Phi) is 2.58. The van der Waals surface area contributed by atoms with Crippen molar-refractivity contribution in [3.8, 4) is 0 Å². The maximum absolute atomic E-state index is 12.9. The average Bonchev–Trinajstić information content (AvgIpc) is 3.04. The molecule has 2 aromatic rings. The van der Waals surface area contributed by atoms with Crippen molar-refractivity contribution >= 4 is 5.78 Å². The Balaban J connectivity index is 1.79. The van der Waals surface area contributed by atoms with Gasteiger partial charge in [-0.05, 0) is 18.1 Å². The fraction of sp³-hybridized carbons (Fsp3) is 0.278. The molecule has 2 aromatic carbocycles. The molecule has 2 atom stereocenters. The molecule has 3 heteroatoms. The summed E-state index contributed by atoms with van der Waals surface area (Å²) in [6.45, 7) is 2.67. The van der Waals surface area contributed by atoms with Gasteiger partial charge < -0.3 is 0 Å². The summed E-state index contributed by atoms with van der Waals surface area (Å²) in [5.41, 5.74) is 3.59. The molecular formula is C18H16N2O. The second-order valence-corrected chi connectivity index (χ2v) is 5.97. The van der Waals surface area contributed by atoms with E-state index in [-0.39, 0.29) is 11.7 Å². The molecule has 0 saturated heterocycles. The number of Topliss-reactive ketones (excluding diaryl/α,β-unsaturated/α-hetero) is 1. The molecule has 0 radical (unpaired) electrons. The number of rotatable bonds is 1. The molecule has 0 N–H and O–H groups in total. The van der Waals surface area contributed by atoms with Crippen LogP contribution in [0.15, 0.2) is 58.8 Å². The van der Waals surface area contributed by atoms with Crippen molar-refractivity contribution in [3.05, 3.63) is 70.8 Å². The SMILES string of the molecule is Cc1ccc(C2CN=NC23Cc2ccccc2C3=O)cc1. The number of carbonyl (C=O) groups excluding carboxylic acids is 1. The number of hydrogen-bond donors (Lipinski definition) is 0. The van der Waals surface area contributed by atoms with E-state index in [1.807, 2.05) is 24.3 Å². The van der Waals surface area contributed by atoms with Gasteiger partial charge in [-0.1, -0.05) is 54.1 Å². The third-order valence-corrected chi connectivity index (χ3v) is 4.68. The summed E-state index contributed by atoms with van der Waals surface area (Å²) in [6.07, 6.45) is 0.671. The summed E-state index contributed by atoms with van der Waals surface area (Å²) in [5, 5.41) is 8.65. The number of azo groups is 1. The molecule has 0 fully saturated rings. The summed E-state index contributed by atoms with van der Waals surface area (Å²) in [6, 6.07) is 16.2. The van der Waals surface area contributed by atoms with Crippen molar-refractivity contribution in [2.45, 2.75) is 24.8 Å². The average molecular weight is 276 g/mol. The van der Waals surface area contributed by atoms with E-state index in [1.54, 1.807) is 0 Å². The molecule has 1 heterocycles. The van der Waals surface area contributed by atoms with E-state index < -0.39 is 5.54 Å². The number of fused-ring (bicyclic) bond motifs is 1. The molecule has 1 aliphatic carbocycles. The lowest BCUT2D eigenvalue weighted by Gasteiger charge is -2.25. The first kappa shape index (κ1) is 12.5. The van der Waals surface area contributed by atoms with E-state index in [9.17, 15) is 4.79 Å². The van der Waals surface area contributed by atoms with Gasteiger partial charge in [0.05, 0.1) is 6.54 Å². The first-order chi connectivity index (χ1) is 10.2. The molecule has 1 spiro atoms. The molecule has 2 aliphatic rings. The largest absolute Gasteiger partial charge is 0.291 e. The van der Waals surface area contributed by atoms with Crippen molar-refractivity contribution in [1.29, 1.82) is 0 Å². The van der Waals surface area contributed by atoms with Crippen molar-refractivity contribution < 1.29 is 4.79 Å². The van der Waals surface area contributed by atoms with Gasteiger partial charge in [0.1, 0.15) is 0 Å². The van der Waals surface area contributed by atoms with Crippen molar-refractivity contribution in [2.24, 2.45) is 10.2 Å². The van der Waals surface area contributed by atoms with Gasteiger partial charge in [-0.3, -0.25) is 4.79 Å². The molecule has 0 bridgehead atoms. The summed E-state index contributed by atoms with van der Waals surface area (Å²) >= 11 is 0. The predicted molar refractivity (Wildman–Crippen MR) is 80.9 cm³/mol. The highest BCUT2D eigenvalue weighted by molar-refractivity contribution is 6.08. The molecule has 1 aliphatic heterocycles. The van der Waals surface area contributed by atoms with Gasteiger partial charge in [-0.15, -0.1) is 0 Å². The molecule has 4 rings (SSSR count). The third kappa shape index (κ3) is 1.70. The van der Waals surface area contributed by atoms with E-state index >= 15 is 0 Å². The van der Waals surface area contributed by atoms with Crippen LogP contribution in [0.1, 0.15) is 33.0 Å². The van der Waals surface area contributed by atoms with Crippen molar-refractivity contribution in [2.75, 3.05) is 6.54 Å². The van der Waals surface area contributed by atoms with E-state index in [0.717, 1.165) is 16.7 Å². The fourth-order valence-electron chi connectivity index (χ4n) is 3.51. The van der Waals surface area contributed by atoms with E-state index in [0.29, 0.717) is 13.0 Å². The highest BCUT2D eigenvalue weighted by atomic mass is 16.1. The highest BCUT2D eigenvalue weighted by Gasteiger charge is 2.54. The van der Waals surface area contributed by atoms with Crippen LogP contribution in [-0.2, 0) is 6.42 Å². The zero-order chi connectivity index (χ0) is 14.4. The number of hydrogen-bond acceptors (Lipinski definition) is 3. The molecule has 0 aromatic heterocycles. The Morgan fingerprint density at radius 2 is 1.86 bits per heavy atom. The van der Waals surface area contributed by atoms with Crippen LogP contribution in [0.25, 0.3) is 0 Å². The van der Waals surface area contributed by atoms with Crippen LogP contribution in [0.5, 0.6) is 0 Å². The second-order valence-electron chi connectivity index (χ2n) is 5.97. The van der Waals surface area contributed by atoms with Crippen LogP contribution >= 0.6 is 0 Å².